The van der Waals surface area contributed by atoms with Crippen molar-refractivity contribution in [3.05, 3.63) is 46.0 Å². The highest BCUT2D eigenvalue weighted by Crippen LogP contribution is 2.34. The number of carbonyl (C=O) groups excluding carboxylic acids is 1. The molecule has 2 aromatic heterocycles. The van der Waals surface area contributed by atoms with E-state index in [2.05, 4.69) is 35.8 Å². The lowest BCUT2D eigenvalue weighted by Crippen LogP contribution is -2.34. The quantitative estimate of drug-likeness (QED) is 0.723. The van der Waals surface area contributed by atoms with Gasteiger partial charge in [-0.25, -0.2) is 15.0 Å². The van der Waals surface area contributed by atoms with E-state index in [1.54, 1.807) is 12.3 Å². The molecule has 6 nitrogen and oxygen atoms in total. The van der Waals surface area contributed by atoms with E-state index in [0.29, 0.717) is 22.0 Å². The number of likely N-dealkylation sites (tertiary alicyclic amines) is 1. The molecule has 7 heteroatoms. The minimum atomic E-state index is 0.0589. The minimum Gasteiger partial charge on any atom is -0.340 e. The Kier molecular flexibility index (Phi) is 4.19. The highest BCUT2D eigenvalue weighted by molar-refractivity contribution is 9.10. The number of aromatic nitrogens is 3. The summed E-state index contributed by atoms with van der Waals surface area (Å²) in [6.07, 6.45) is 1.68. The van der Waals surface area contributed by atoms with Crippen molar-refractivity contribution < 1.29 is 4.79 Å². The molecule has 0 aliphatic carbocycles. The highest BCUT2D eigenvalue weighted by atomic mass is 79.9. The van der Waals surface area contributed by atoms with Crippen LogP contribution in [-0.2, 0) is 0 Å². The predicted molar refractivity (Wildman–Crippen MR) is 98.5 cm³/mol. The van der Waals surface area contributed by atoms with E-state index in [1.807, 2.05) is 30.9 Å². The van der Waals surface area contributed by atoms with Gasteiger partial charge in [-0.15, -0.1) is 0 Å². The van der Waals surface area contributed by atoms with Crippen LogP contribution in [0.3, 0.4) is 0 Å². The number of hydrogen-bond donors (Lipinski definition) is 0. The Morgan fingerprint density at radius 2 is 1.76 bits per heavy atom. The molecule has 2 fully saturated rings. The van der Waals surface area contributed by atoms with Crippen LogP contribution in [0.4, 0.5) is 5.95 Å². The van der Waals surface area contributed by atoms with Crippen LogP contribution in [-0.4, -0.2) is 51.9 Å². The molecule has 2 atom stereocenters. The molecule has 0 aromatic carbocycles. The van der Waals surface area contributed by atoms with Gasteiger partial charge in [0.05, 0.1) is 5.56 Å². The van der Waals surface area contributed by atoms with E-state index >= 15 is 0 Å². The third-order valence-corrected chi connectivity index (χ3v) is 5.65. The van der Waals surface area contributed by atoms with Crippen LogP contribution in [0, 0.1) is 25.7 Å². The average molecular weight is 402 g/mol. The van der Waals surface area contributed by atoms with Crippen LogP contribution >= 0.6 is 15.9 Å². The van der Waals surface area contributed by atoms with Crippen LogP contribution < -0.4 is 4.90 Å². The Labute approximate surface area is 155 Å². The van der Waals surface area contributed by atoms with Gasteiger partial charge in [0.25, 0.3) is 5.91 Å². The lowest BCUT2D eigenvalue weighted by Gasteiger charge is -2.22. The molecule has 0 saturated carbocycles. The number of amides is 1. The van der Waals surface area contributed by atoms with E-state index in [1.165, 1.54) is 0 Å². The zero-order valence-corrected chi connectivity index (χ0v) is 15.9. The van der Waals surface area contributed by atoms with Crippen molar-refractivity contribution in [2.24, 2.45) is 11.8 Å². The average Bonchev–Trinajstić information content (AvgIpc) is 3.12. The van der Waals surface area contributed by atoms with Gasteiger partial charge in [0.2, 0.25) is 5.95 Å². The summed E-state index contributed by atoms with van der Waals surface area (Å²) < 4.78 is 0.613. The first kappa shape index (κ1) is 16.4. The summed E-state index contributed by atoms with van der Waals surface area (Å²) in [5, 5.41) is 0. The maximum absolute atomic E-state index is 12.8. The lowest BCUT2D eigenvalue weighted by atomic mass is 10.0. The maximum Gasteiger partial charge on any atom is 0.256 e. The lowest BCUT2D eigenvalue weighted by molar-refractivity contribution is 0.0781. The first-order valence-corrected chi connectivity index (χ1v) is 9.27. The van der Waals surface area contributed by atoms with Crippen LogP contribution in [0.25, 0.3) is 0 Å². The summed E-state index contributed by atoms with van der Waals surface area (Å²) in [6, 6.07) is 5.61. The molecule has 0 N–H and O–H groups in total. The summed E-state index contributed by atoms with van der Waals surface area (Å²) in [6.45, 7) is 7.39. The zero-order valence-electron chi connectivity index (χ0n) is 14.3. The zero-order chi connectivity index (χ0) is 17.6. The highest BCUT2D eigenvalue weighted by Gasteiger charge is 2.42. The van der Waals surface area contributed by atoms with Gasteiger partial charge in [-0.05, 0) is 48.0 Å². The Hall–Kier alpha value is -2.02. The van der Waals surface area contributed by atoms with Gasteiger partial charge in [-0.2, -0.15) is 0 Å². The molecule has 0 bridgehead atoms. The molecular weight excluding hydrogens is 382 g/mol. The molecule has 0 spiro atoms. The van der Waals surface area contributed by atoms with Crippen LogP contribution in [0.15, 0.2) is 29.0 Å². The van der Waals surface area contributed by atoms with Gasteiger partial charge < -0.3 is 9.80 Å². The smallest absolute Gasteiger partial charge is 0.256 e. The Morgan fingerprint density at radius 3 is 2.36 bits per heavy atom. The largest absolute Gasteiger partial charge is 0.340 e. The molecule has 2 unspecified atom stereocenters. The summed E-state index contributed by atoms with van der Waals surface area (Å²) in [4.78, 5) is 30.3. The molecular formula is C18H20BrN5O. The minimum absolute atomic E-state index is 0.0589. The number of nitrogens with zero attached hydrogens (tertiary/aromatic N) is 5. The van der Waals surface area contributed by atoms with Crippen molar-refractivity contribution in [2.45, 2.75) is 13.8 Å². The number of fused-ring (bicyclic) bond motifs is 1. The van der Waals surface area contributed by atoms with Crippen molar-refractivity contribution in [3.8, 4) is 0 Å². The third-order valence-electron chi connectivity index (χ3n) is 5.02. The van der Waals surface area contributed by atoms with Gasteiger partial charge in [0, 0.05) is 55.6 Å². The molecule has 1 amide bonds. The SMILES string of the molecule is Cc1cc(C)nc(N2CC3CN(C(=O)c4cccnc4Br)CC3C2)n1. The molecule has 25 heavy (non-hydrogen) atoms. The molecule has 2 aliphatic rings. The number of rotatable bonds is 2. The Bertz CT molecular complexity index is 793. The first-order valence-electron chi connectivity index (χ1n) is 8.48. The summed E-state index contributed by atoms with van der Waals surface area (Å²) in [5.74, 6) is 1.83. The van der Waals surface area contributed by atoms with Gasteiger partial charge in [-0.1, -0.05) is 0 Å². The Morgan fingerprint density at radius 1 is 1.12 bits per heavy atom. The van der Waals surface area contributed by atoms with Gasteiger partial charge in [-0.3, -0.25) is 4.79 Å². The molecule has 0 radical (unpaired) electrons. The fraction of sp³-hybridized carbons (Fsp3) is 0.444. The Balaban J connectivity index is 1.46. The molecule has 4 rings (SSSR count). The number of carbonyl (C=O) groups is 1. The van der Waals surface area contributed by atoms with Gasteiger partial charge >= 0.3 is 0 Å². The molecule has 4 heterocycles. The van der Waals surface area contributed by atoms with Gasteiger partial charge in [0.15, 0.2) is 0 Å². The van der Waals surface area contributed by atoms with Gasteiger partial charge in [0.1, 0.15) is 4.60 Å². The van der Waals surface area contributed by atoms with E-state index < -0.39 is 0 Å². The van der Waals surface area contributed by atoms with Crippen LogP contribution in [0.5, 0.6) is 0 Å². The first-order chi connectivity index (χ1) is 12.0. The number of anilines is 1. The summed E-state index contributed by atoms with van der Waals surface area (Å²) in [7, 11) is 0. The third kappa shape index (κ3) is 3.13. The molecule has 2 aliphatic heterocycles. The normalized spacial score (nSPS) is 22.4. The second-order valence-corrected chi connectivity index (χ2v) is 7.68. The molecule has 130 valence electrons. The number of pyridine rings is 1. The second-order valence-electron chi connectivity index (χ2n) is 6.93. The van der Waals surface area contributed by atoms with Crippen molar-refractivity contribution in [3.63, 3.8) is 0 Å². The topological polar surface area (TPSA) is 62.2 Å². The molecule has 2 saturated heterocycles. The number of aryl methyl sites for hydroxylation is 2. The fourth-order valence-corrected chi connectivity index (χ4v) is 4.31. The second kappa shape index (κ2) is 6.37. The fourth-order valence-electron chi connectivity index (χ4n) is 3.89. The molecule has 2 aromatic rings. The number of hydrogen-bond acceptors (Lipinski definition) is 5. The van der Waals surface area contributed by atoms with Crippen molar-refractivity contribution in [1.82, 2.24) is 19.9 Å². The predicted octanol–water partition coefficient (Wildman–Crippen LogP) is 2.46. The van der Waals surface area contributed by atoms with Crippen LogP contribution in [0.1, 0.15) is 21.7 Å². The van der Waals surface area contributed by atoms with Crippen molar-refractivity contribution in [1.29, 1.82) is 0 Å². The monoisotopic (exact) mass is 401 g/mol. The van der Waals surface area contributed by atoms with E-state index in [9.17, 15) is 4.79 Å². The van der Waals surface area contributed by atoms with E-state index in [4.69, 9.17) is 0 Å². The van der Waals surface area contributed by atoms with Crippen molar-refractivity contribution >= 4 is 27.8 Å². The maximum atomic E-state index is 12.8. The standard InChI is InChI=1S/C18H20BrN5O/c1-11-6-12(2)22-18(21-11)24-9-13-7-23(8-14(13)10-24)17(25)15-4-3-5-20-16(15)19/h3-6,13-14H,7-10H2,1-2H3. The van der Waals surface area contributed by atoms with E-state index in [0.717, 1.165) is 43.5 Å². The van der Waals surface area contributed by atoms with E-state index in [-0.39, 0.29) is 5.91 Å². The number of halogens is 1. The van der Waals surface area contributed by atoms with Crippen LogP contribution in [0.2, 0.25) is 0 Å². The van der Waals surface area contributed by atoms with Crippen molar-refractivity contribution in [2.75, 3.05) is 31.1 Å². The summed E-state index contributed by atoms with van der Waals surface area (Å²) >= 11 is 3.38. The summed E-state index contributed by atoms with van der Waals surface area (Å²) in [5.41, 5.74) is 2.63.